The molecule has 0 fully saturated rings. The highest BCUT2D eigenvalue weighted by molar-refractivity contribution is 6.30. The fourth-order valence-electron chi connectivity index (χ4n) is 1.61. The van der Waals surface area contributed by atoms with E-state index < -0.39 is 0 Å². The molecule has 0 aliphatic heterocycles. The van der Waals surface area contributed by atoms with E-state index in [1.54, 1.807) is 12.1 Å². The van der Waals surface area contributed by atoms with E-state index in [0.717, 1.165) is 26.1 Å². The predicted octanol–water partition coefficient (Wildman–Crippen LogP) is 2.91. The standard InChI is InChI=1S/C13H20ClFN2/c1-3-6-16-7-8-17(2)10-11-9-12(14)4-5-13(11)15/h4-5,9,16H,3,6-8,10H2,1-2H3. The lowest BCUT2D eigenvalue weighted by Gasteiger charge is -2.17. The molecule has 0 spiro atoms. The van der Waals surface area contributed by atoms with E-state index in [9.17, 15) is 4.39 Å². The molecule has 0 amide bonds. The minimum Gasteiger partial charge on any atom is -0.315 e. The third-order valence-electron chi connectivity index (χ3n) is 2.55. The molecule has 2 nitrogen and oxygen atoms in total. The van der Waals surface area contributed by atoms with Crippen LogP contribution in [0.25, 0.3) is 0 Å². The number of rotatable bonds is 7. The highest BCUT2D eigenvalue weighted by Gasteiger charge is 2.06. The van der Waals surface area contributed by atoms with Crippen molar-refractivity contribution in [2.75, 3.05) is 26.7 Å². The van der Waals surface area contributed by atoms with Crippen LogP contribution >= 0.6 is 11.6 Å². The molecule has 96 valence electrons. The van der Waals surface area contributed by atoms with Crippen molar-refractivity contribution in [3.05, 3.63) is 34.6 Å². The van der Waals surface area contributed by atoms with Gasteiger partial charge in [0.15, 0.2) is 0 Å². The zero-order valence-corrected chi connectivity index (χ0v) is 11.2. The van der Waals surface area contributed by atoms with Crippen LogP contribution in [0.15, 0.2) is 18.2 Å². The number of halogens is 2. The largest absolute Gasteiger partial charge is 0.315 e. The second kappa shape index (κ2) is 7.64. The first-order chi connectivity index (χ1) is 8.13. The molecule has 1 rings (SSSR count). The zero-order chi connectivity index (χ0) is 12.7. The summed E-state index contributed by atoms with van der Waals surface area (Å²) < 4.78 is 13.5. The molecule has 0 heterocycles. The Morgan fingerprint density at radius 1 is 1.35 bits per heavy atom. The Bertz CT molecular complexity index is 344. The van der Waals surface area contributed by atoms with Gasteiger partial charge < -0.3 is 10.2 Å². The van der Waals surface area contributed by atoms with Gasteiger partial charge in [-0.25, -0.2) is 4.39 Å². The maximum absolute atomic E-state index is 13.5. The highest BCUT2D eigenvalue weighted by Crippen LogP contribution is 2.15. The molecule has 0 radical (unpaired) electrons. The number of nitrogens with zero attached hydrogens (tertiary/aromatic N) is 1. The third-order valence-corrected chi connectivity index (χ3v) is 2.78. The van der Waals surface area contributed by atoms with Crippen LogP contribution in [0.2, 0.25) is 5.02 Å². The molecule has 0 unspecified atom stereocenters. The molecule has 1 aromatic rings. The Morgan fingerprint density at radius 2 is 2.12 bits per heavy atom. The normalized spacial score (nSPS) is 11.1. The van der Waals surface area contributed by atoms with Crippen molar-refractivity contribution in [3.8, 4) is 0 Å². The van der Waals surface area contributed by atoms with Crippen LogP contribution in [0.5, 0.6) is 0 Å². The Balaban J connectivity index is 2.39. The molecule has 4 heteroatoms. The number of nitrogens with one attached hydrogen (secondary N) is 1. The van der Waals surface area contributed by atoms with E-state index in [4.69, 9.17) is 11.6 Å². The molecule has 0 aromatic heterocycles. The topological polar surface area (TPSA) is 15.3 Å². The lowest BCUT2D eigenvalue weighted by molar-refractivity contribution is 0.319. The van der Waals surface area contributed by atoms with E-state index in [1.165, 1.54) is 6.07 Å². The Morgan fingerprint density at radius 3 is 2.82 bits per heavy atom. The molecule has 0 saturated carbocycles. The van der Waals surface area contributed by atoms with Gasteiger partial charge in [0, 0.05) is 30.2 Å². The summed E-state index contributed by atoms with van der Waals surface area (Å²) in [4.78, 5) is 2.08. The summed E-state index contributed by atoms with van der Waals surface area (Å²) in [6.45, 7) is 5.57. The molecule has 1 N–H and O–H groups in total. The van der Waals surface area contributed by atoms with Crippen LogP contribution in [0, 0.1) is 5.82 Å². The number of hydrogen-bond donors (Lipinski definition) is 1. The fourth-order valence-corrected chi connectivity index (χ4v) is 1.80. The van der Waals surface area contributed by atoms with Crippen LogP contribution < -0.4 is 5.32 Å². The van der Waals surface area contributed by atoms with Crippen LogP contribution in [0.1, 0.15) is 18.9 Å². The van der Waals surface area contributed by atoms with Crippen molar-refractivity contribution >= 4 is 11.6 Å². The summed E-state index contributed by atoms with van der Waals surface area (Å²) in [6, 6.07) is 4.68. The van der Waals surface area contributed by atoms with E-state index in [2.05, 4.69) is 17.1 Å². The number of hydrogen-bond acceptors (Lipinski definition) is 2. The Labute approximate surface area is 108 Å². The minimum atomic E-state index is -0.192. The van der Waals surface area contributed by atoms with Crippen LogP contribution in [-0.2, 0) is 6.54 Å². The summed E-state index contributed by atoms with van der Waals surface area (Å²) in [5.74, 6) is -0.192. The van der Waals surface area contributed by atoms with Crippen molar-refractivity contribution < 1.29 is 4.39 Å². The van der Waals surface area contributed by atoms with Gasteiger partial charge in [-0.1, -0.05) is 18.5 Å². The molecule has 0 saturated heterocycles. The average Bonchev–Trinajstić information content (AvgIpc) is 2.29. The first-order valence-corrected chi connectivity index (χ1v) is 6.34. The van der Waals surface area contributed by atoms with Gasteiger partial charge in [-0.15, -0.1) is 0 Å². The van der Waals surface area contributed by atoms with Crippen LogP contribution in [-0.4, -0.2) is 31.6 Å². The van der Waals surface area contributed by atoms with Crippen molar-refractivity contribution in [3.63, 3.8) is 0 Å². The van der Waals surface area contributed by atoms with Crippen LogP contribution in [0.3, 0.4) is 0 Å². The molecule has 0 aliphatic rings. The quantitative estimate of drug-likeness (QED) is 0.757. The SMILES string of the molecule is CCCNCCN(C)Cc1cc(Cl)ccc1F. The second-order valence-corrected chi connectivity index (χ2v) is 4.66. The van der Waals surface area contributed by atoms with E-state index in [0.29, 0.717) is 17.1 Å². The van der Waals surface area contributed by atoms with Crippen molar-refractivity contribution in [1.82, 2.24) is 10.2 Å². The lowest BCUT2D eigenvalue weighted by Crippen LogP contribution is -2.29. The number of likely N-dealkylation sites (N-methyl/N-ethyl adjacent to an activating group) is 1. The van der Waals surface area contributed by atoms with Crippen molar-refractivity contribution in [2.45, 2.75) is 19.9 Å². The summed E-state index contributed by atoms with van der Waals surface area (Å²) in [5, 5.41) is 3.90. The van der Waals surface area contributed by atoms with Gasteiger partial charge in [0.1, 0.15) is 5.82 Å². The third kappa shape index (κ3) is 5.48. The van der Waals surface area contributed by atoms with E-state index >= 15 is 0 Å². The highest BCUT2D eigenvalue weighted by atomic mass is 35.5. The van der Waals surface area contributed by atoms with Gasteiger partial charge in [0.05, 0.1) is 0 Å². The van der Waals surface area contributed by atoms with E-state index in [-0.39, 0.29) is 5.82 Å². The van der Waals surface area contributed by atoms with Gasteiger partial charge in [-0.05, 0) is 38.2 Å². The summed E-state index contributed by atoms with van der Waals surface area (Å²) in [6.07, 6.45) is 1.13. The zero-order valence-electron chi connectivity index (χ0n) is 10.5. The second-order valence-electron chi connectivity index (χ2n) is 4.22. The van der Waals surface area contributed by atoms with Gasteiger partial charge in [-0.2, -0.15) is 0 Å². The molecule has 1 aromatic carbocycles. The molecule has 0 aliphatic carbocycles. The smallest absolute Gasteiger partial charge is 0.127 e. The summed E-state index contributed by atoms with van der Waals surface area (Å²) in [7, 11) is 1.98. The minimum absolute atomic E-state index is 0.192. The molecular formula is C13H20ClFN2. The predicted molar refractivity (Wildman–Crippen MR) is 70.9 cm³/mol. The van der Waals surface area contributed by atoms with Crippen molar-refractivity contribution in [1.29, 1.82) is 0 Å². The van der Waals surface area contributed by atoms with Gasteiger partial charge in [-0.3, -0.25) is 0 Å². The fraction of sp³-hybridized carbons (Fsp3) is 0.538. The van der Waals surface area contributed by atoms with Crippen molar-refractivity contribution in [2.24, 2.45) is 0 Å². The molecule has 17 heavy (non-hydrogen) atoms. The Kier molecular flexibility index (Phi) is 6.48. The molecular weight excluding hydrogens is 239 g/mol. The first kappa shape index (κ1) is 14.4. The van der Waals surface area contributed by atoms with E-state index in [1.807, 2.05) is 7.05 Å². The van der Waals surface area contributed by atoms with Gasteiger partial charge in [0.2, 0.25) is 0 Å². The maximum Gasteiger partial charge on any atom is 0.127 e. The van der Waals surface area contributed by atoms with Gasteiger partial charge in [0.25, 0.3) is 0 Å². The number of benzene rings is 1. The lowest BCUT2D eigenvalue weighted by atomic mass is 10.2. The monoisotopic (exact) mass is 258 g/mol. The first-order valence-electron chi connectivity index (χ1n) is 5.96. The van der Waals surface area contributed by atoms with Gasteiger partial charge >= 0.3 is 0 Å². The molecule has 0 bridgehead atoms. The molecule has 0 atom stereocenters. The summed E-state index contributed by atoms with van der Waals surface area (Å²) in [5.41, 5.74) is 0.649. The average molecular weight is 259 g/mol. The maximum atomic E-state index is 13.5. The van der Waals surface area contributed by atoms with Crippen LogP contribution in [0.4, 0.5) is 4.39 Å². The summed E-state index contributed by atoms with van der Waals surface area (Å²) >= 11 is 5.85. The Hall–Kier alpha value is -0.640.